The standard InChI is InChI=1S/C18H26N2O/c1-14(9-10-15-6-3-2-4-7-15)20-13-5-8-17(18(20)21)19-16-11-12-16/h2-4,6-7,14,16-17,19H,5,8-13H2,1H3. The number of hydrogen-bond acceptors (Lipinski definition) is 2. The Morgan fingerprint density at radius 1 is 1.24 bits per heavy atom. The second kappa shape index (κ2) is 6.61. The maximum absolute atomic E-state index is 12.6. The monoisotopic (exact) mass is 286 g/mol. The minimum absolute atomic E-state index is 0.0745. The Balaban J connectivity index is 1.53. The van der Waals surface area contributed by atoms with Crippen LogP contribution < -0.4 is 5.32 Å². The van der Waals surface area contributed by atoms with E-state index in [2.05, 4.69) is 47.5 Å². The smallest absolute Gasteiger partial charge is 0.239 e. The van der Waals surface area contributed by atoms with Crippen LogP contribution >= 0.6 is 0 Å². The van der Waals surface area contributed by atoms with Crippen LogP contribution in [0.15, 0.2) is 30.3 Å². The molecule has 3 heteroatoms. The SMILES string of the molecule is CC(CCc1ccccc1)N1CCCC(NC2CC2)C1=O. The van der Waals surface area contributed by atoms with Crippen LogP contribution in [0.25, 0.3) is 0 Å². The van der Waals surface area contributed by atoms with E-state index in [4.69, 9.17) is 0 Å². The molecule has 2 atom stereocenters. The minimum Gasteiger partial charge on any atom is -0.339 e. The summed E-state index contributed by atoms with van der Waals surface area (Å²) < 4.78 is 0. The number of piperidine rings is 1. The first kappa shape index (κ1) is 14.6. The summed E-state index contributed by atoms with van der Waals surface area (Å²) in [4.78, 5) is 14.7. The molecule has 1 amide bonds. The third-order valence-corrected chi connectivity index (χ3v) is 4.71. The van der Waals surface area contributed by atoms with Crippen molar-refractivity contribution in [1.82, 2.24) is 10.2 Å². The van der Waals surface area contributed by atoms with Gasteiger partial charge in [-0.25, -0.2) is 0 Å². The van der Waals surface area contributed by atoms with Crippen LogP contribution in [0.3, 0.4) is 0 Å². The molecule has 1 aromatic rings. The van der Waals surface area contributed by atoms with Gasteiger partial charge in [-0.05, 0) is 51.0 Å². The molecule has 3 rings (SSSR count). The van der Waals surface area contributed by atoms with Crippen molar-refractivity contribution in [3.05, 3.63) is 35.9 Å². The van der Waals surface area contributed by atoms with Crippen LogP contribution in [0.2, 0.25) is 0 Å². The Morgan fingerprint density at radius 3 is 2.71 bits per heavy atom. The van der Waals surface area contributed by atoms with Crippen molar-refractivity contribution >= 4 is 5.91 Å². The highest BCUT2D eigenvalue weighted by Crippen LogP contribution is 2.24. The lowest BCUT2D eigenvalue weighted by Gasteiger charge is -2.37. The van der Waals surface area contributed by atoms with E-state index in [-0.39, 0.29) is 6.04 Å². The molecule has 1 aliphatic heterocycles. The third kappa shape index (κ3) is 3.85. The molecule has 1 N–H and O–H groups in total. The normalized spacial score (nSPS) is 24.1. The first-order valence-electron chi connectivity index (χ1n) is 8.34. The lowest BCUT2D eigenvalue weighted by atomic mass is 9.99. The van der Waals surface area contributed by atoms with Crippen molar-refractivity contribution in [2.45, 2.75) is 63.6 Å². The zero-order chi connectivity index (χ0) is 14.7. The summed E-state index contributed by atoms with van der Waals surface area (Å²) in [7, 11) is 0. The maximum Gasteiger partial charge on any atom is 0.239 e. The van der Waals surface area contributed by atoms with Crippen LogP contribution in [0, 0.1) is 0 Å². The van der Waals surface area contributed by atoms with E-state index >= 15 is 0 Å². The molecule has 2 fully saturated rings. The highest BCUT2D eigenvalue weighted by Gasteiger charge is 2.34. The van der Waals surface area contributed by atoms with Crippen LogP contribution in [0.5, 0.6) is 0 Å². The zero-order valence-electron chi connectivity index (χ0n) is 12.9. The predicted octanol–water partition coefficient (Wildman–Crippen LogP) is 2.75. The Hall–Kier alpha value is -1.35. The summed E-state index contributed by atoms with van der Waals surface area (Å²) in [6, 6.07) is 11.6. The van der Waals surface area contributed by atoms with E-state index in [0.29, 0.717) is 18.0 Å². The highest BCUT2D eigenvalue weighted by atomic mass is 16.2. The fourth-order valence-electron chi connectivity index (χ4n) is 3.20. The Kier molecular flexibility index (Phi) is 4.59. The minimum atomic E-state index is 0.0745. The van der Waals surface area contributed by atoms with Crippen molar-refractivity contribution in [1.29, 1.82) is 0 Å². The van der Waals surface area contributed by atoms with Gasteiger partial charge in [-0.2, -0.15) is 0 Å². The van der Waals surface area contributed by atoms with E-state index in [1.807, 2.05) is 0 Å². The van der Waals surface area contributed by atoms with Gasteiger partial charge in [0.1, 0.15) is 0 Å². The predicted molar refractivity (Wildman–Crippen MR) is 85.1 cm³/mol. The summed E-state index contributed by atoms with van der Waals surface area (Å²) in [5, 5.41) is 3.51. The van der Waals surface area contributed by atoms with E-state index < -0.39 is 0 Å². The van der Waals surface area contributed by atoms with Gasteiger partial charge in [0.15, 0.2) is 0 Å². The van der Waals surface area contributed by atoms with Gasteiger partial charge in [0.05, 0.1) is 6.04 Å². The number of nitrogens with one attached hydrogen (secondary N) is 1. The molecule has 3 nitrogen and oxygen atoms in total. The number of nitrogens with zero attached hydrogens (tertiary/aromatic N) is 1. The van der Waals surface area contributed by atoms with Crippen LogP contribution in [-0.4, -0.2) is 35.5 Å². The second-order valence-electron chi connectivity index (χ2n) is 6.54. The van der Waals surface area contributed by atoms with Crippen molar-refractivity contribution in [3.8, 4) is 0 Å². The van der Waals surface area contributed by atoms with Gasteiger partial charge in [-0.15, -0.1) is 0 Å². The molecule has 0 bridgehead atoms. The Bertz CT molecular complexity index is 469. The largest absolute Gasteiger partial charge is 0.339 e. The molecule has 0 spiro atoms. The number of carbonyl (C=O) groups excluding carboxylic acids is 1. The van der Waals surface area contributed by atoms with Crippen molar-refractivity contribution in [2.75, 3.05) is 6.54 Å². The van der Waals surface area contributed by atoms with E-state index in [9.17, 15) is 4.79 Å². The van der Waals surface area contributed by atoms with Gasteiger partial charge in [-0.3, -0.25) is 4.79 Å². The van der Waals surface area contributed by atoms with Crippen LogP contribution in [0.1, 0.15) is 44.6 Å². The van der Waals surface area contributed by atoms with E-state index in [0.717, 1.165) is 32.2 Å². The van der Waals surface area contributed by atoms with Crippen LogP contribution in [-0.2, 0) is 11.2 Å². The first-order chi connectivity index (χ1) is 10.2. The summed E-state index contributed by atoms with van der Waals surface area (Å²) in [6.45, 7) is 3.12. The molecule has 0 radical (unpaired) electrons. The quantitative estimate of drug-likeness (QED) is 0.872. The lowest BCUT2D eigenvalue weighted by Crippen LogP contribution is -2.54. The molecule has 1 heterocycles. The summed E-state index contributed by atoms with van der Waals surface area (Å²) >= 11 is 0. The van der Waals surface area contributed by atoms with Crippen molar-refractivity contribution < 1.29 is 4.79 Å². The number of rotatable bonds is 6. The molecular weight excluding hydrogens is 260 g/mol. The van der Waals surface area contributed by atoms with Gasteiger partial charge in [-0.1, -0.05) is 30.3 Å². The van der Waals surface area contributed by atoms with Gasteiger partial charge >= 0.3 is 0 Å². The van der Waals surface area contributed by atoms with E-state index in [1.165, 1.54) is 18.4 Å². The first-order valence-corrected chi connectivity index (χ1v) is 8.34. The number of carbonyl (C=O) groups is 1. The zero-order valence-corrected chi connectivity index (χ0v) is 12.9. The van der Waals surface area contributed by atoms with Gasteiger partial charge in [0.25, 0.3) is 0 Å². The lowest BCUT2D eigenvalue weighted by molar-refractivity contribution is -0.138. The molecular formula is C18H26N2O. The van der Waals surface area contributed by atoms with Crippen LogP contribution in [0.4, 0.5) is 0 Å². The second-order valence-corrected chi connectivity index (χ2v) is 6.54. The molecule has 1 aromatic carbocycles. The average molecular weight is 286 g/mol. The number of benzene rings is 1. The molecule has 2 unspecified atom stereocenters. The molecule has 0 aromatic heterocycles. The number of amides is 1. The van der Waals surface area contributed by atoms with Gasteiger partial charge < -0.3 is 10.2 Å². The molecule has 2 aliphatic rings. The molecule has 1 aliphatic carbocycles. The van der Waals surface area contributed by atoms with E-state index in [1.54, 1.807) is 0 Å². The molecule has 1 saturated heterocycles. The Labute approximate surface area is 127 Å². The summed E-state index contributed by atoms with van der Waals surface area (Å²) in [5.41, 5.74) is 1.36. The van der Waals surface area contributed by atoms with Crippen molar-refractivity contribution in [2.24, 2.45) is 0 Å². The molecule has 21 heavy (non-hydrogen) atoms. The fourth-order valence-corrected chi connectivity index (χ4v) is 3.20. The Morgan fingerprint density at radius 2 is 2.00 bits per heavy atom. The third-order valence-electron chi connectivity index (χ3n) is 4.71. The highest BCUT2D eigenvalue weighted by molar-refractivity contribution is 5.83. The number of likely N-dealkylation sites (tertiary alicyclic amines) is 1. The van der Waals surface area contributed by atoms with Gasteiger partial charge in [0.2, 0.25) is 5.91 Å². The number of aryl methyl sites for hydroxylation is 1. The topological polar surface area (TPSA) is 32.3 Å². The average Bonchev–Trinajstić information content (AvgIpc) is 3.32. The molecule has 114 valence electrons. The van der Waals surface area contributed by atoms with Crippen molar-refractivity contribution in [3.63, 3.8) is 0 Å². The summed E-state index contributed by atoms with van der Waals surface area (Å²) in [6.07, 6.45) is 6.72. The van der Waals surface area contributed by atoms with Gasteiger partial charge in [0, 0.05) is 18.6 Å². The summed E-state index contributed by atoms with van der Waals surface area (Å²) in [5.74, 6) is 0.328. The molecule has 1 saturated carbocycles. The number of hydrogen-bond donors (Lipinski definition) is 1. The fraction of sp³-hybridized carbons (Fsp3) is 0.611. The maximum atomic E-state index is 12.6.